The minimum absolute atomic E-state index is 0.0932. The Labute approximate surface area is 222 Å². The SMILES string of the molecule is COc1ccc(CN(C)C(=O)OCC2CCc3ccccc3N2S(=O)(=O)c2ccc(Cl)cc2)c(OC)c1. The van der Waals surface area contributed by atoms with Crippen molar-refractivity contribution in [2.24, 2.45) is 0 Å². The predicted octanol–water partition coefficient (Wildman–Crippen LogP) is 5.14. The Balaban J connectivity index is 1.52. The number of hydrogen-bond acceptors (Lipinski definition) is 6. The number of sulfonamides is 1. The van der Waals surface area contributed by atoms with Gasteiger partial charge in [0, 0.05) is 23.7 Å². The first-order valence-corrected chi connectivity index (χ1v) is 13.5. The fourth-order valence-electron chi connectivity index (χ4n) is 4.35. The van der Waals surface area contributed by atoms with Gasteiger partial charge in [-0.15, -0.1) is 0 Å². The van der Waals surface area contributed by atoms with Crippen LogP contribution in [-0.2, 0) is 27.7 Å². The van der Waals surface area contributed by atoms with Gasteiger partial charge in [0.1, 0.15) is 18.1 Å². The van der Waals surface area contributed by atoms with E-state index in [0.29, 0.717) is 35.1 Å². The van der Waals surface area contributed by atoms with Crippen LogP contribution in [0.5, 0.6) is 11.5 Å². The molecule has 1 amide bonds. The summed E-state index contributed by atoms with van der Waals surface area (Å²) in [5, 5.41) is 0.444. The average molecular weight is 545 g/mol. The largest absolute Gasteiger partial charge is 0.497 e. The van der Waals surface area contributed by atoms with Gasteiger partial charge < -0.3 is 19.1 Å². The molecule has 1 aliphatic rings. The van der Waals surface area contributed by atoms with Crippen molar-refractivity contribution in [2.45, 2.75) is 30.3 Å². The molecule has 0 N–H and O–H groups in total. The first kappa shape index (κ1) is 26.6. The summed E-state index contributed by atoms with van der Waals surface area (Å²) in [6.45, 7) is 0.149. The summed E-state index contributed by atoms with van der Waals surface area (Å²) >= 11 is 5.98. The summed E-state index contributed by atoms with van der Waals surface area (Å²) in [7, 11) is 0.799. The molecule has 3 aromatic carbocycles. The molecule has 0 aromatic heterocycles. The van der Waals surface area contributed by atoms with Crippen molar-refractivity contribution in [3.63, 3.8) is 0 Å². The zero-order valence-electron chi connectivity index (χ0n) is 20.9. The Morgan fingerprint density at radius 2 is 1.78 bits per heavy atom. The van der Waals surface area contributed by atoms with Crippen LogP contribution in [0.3, 0.4) is 0 Å². The molecule has 0 aliphatic carbocycles. The van der Waals surface area contributed by atoms with Crippen molar-refractivity contribution < 1.29 is 27.4 Å². The highest BCUT2D eigenvalue weighted by Gasteiger charge is 2.37. The van der Waals surface area contributed by atoms with E-state index < -0.39 is 22.2 Å². The maximum atomic E-state index is 13.7. The summed E-state index contributed by atoms with van der Waals surface area (Å²) in [4.78, 5) is 14.4. The predicted molar refractivity (Wildman–Crippen MR) is 142 cm³/mol. The van der Waals surface area contributed by atoms with Crippen LogP contribution in [0.25, 0.3) is 0 Å². The van der Waals surface area contributed by atoms with Gasteiger partial charge in [0.05, 0.1) is 37.4 Å². The monoisotopic (exact) mass is 544 g/mol. The van der Waals surface area contributed by atoms with Gasteiger partial charge in [-0.2, -0.15) is 0 Å². The number of carbonyl (C=O) groups excluding carboxylic acids is 1. The highest BCUT2D eigenvalue weighted by Crippen LogP contribution is 2.36. The molecule has 1 heterocycles. The van der Waals surface area contributed by atoms with E-state index in [9.17, 15) is 13.2 Å². The lowest BCUT2D eigenvalue weighted by atomic mass is 9.98. The number of amides is 1. The minimum atomic E-state index is -3.93. The molecule has 3 aromatic rings. The number of halogens is 1. The Kier molecular flexibility index (Phi) is 8.14. The van der Waals surface area contributed by atoms with Crippen molar-refractivity contribution in [1.82, 2.24) is 4.90 Å². The number of ether oxygens (including phenoxy) is 3. The first-order chi connectivity index (χ1) is 17.7. The molecule has 0 saturated heterocycles. The third kappa shape index (κ3) is 5.78. The second-order valence-electron chi connectivity index (χ2n) is 8.69. The number of hydrogen-bond donors (Lipinski definition) is 0. The van der Waals surface area contributed by atoms with Crippen molar-refractivity contribution in [2.75, 3.05) is 32.2 Å². The van der Waals surface area contributed by atoms with Gasteiger partial charge in [0.25, 0.3) is 10.0 Å². The third-order valence-corrected chi connectivity index (χ3v) is 8.42. The number of anilines is 1. The molecule has 1 aliphatic heterocycles. The van der Waals surface area contributed by atoms with Gasteiger partial charge >= 0.3 is 6.09 Å². The number of para-hydroxylation sites is 1. The second-order valence-corrected chi connectivity index (χ2v) is 10.9. The lowest BCUT2D eigenvalue weighted by Crippen LogP contribution is -2.47. The molecular formula is C27H29ClN2O6S. The third-order valence-electron chi connectivity index (χ3n) is 6.29. The number of carbonyl (C=O) groups is 1. The van der Waals surface area contributed by atoms with Gasteiger partial charge in [-0.05, 0) is 60.9 Å². The molecule has 0 radical (unpaired) electrons. The lowest BCUT2D eigenvalue weighted by Gasteiger charge is -2.37. The fraction of sp³-hybridized carbons (Fsp3) is 0.296. The van der Waals surface area contributed by atoms with Gasteiger partial charge in [0.2, 0.25) is 0 Å². The summed E-state index contributed by atoms with van der Waals surface area (Å²) < 4.78 is 45.1. The highest BCUT2D eigenvalue weighted by molar-refractivity contribution is 7.92. The van der Waals surface area contributed by atoms with Crippen LogP contribution >= 0.6 is 11.6 Å². The summed E-state index contributed by atoms with van der Waals surface area (Å²) in [6.07, 6.45) is 0.609. The molecule has 0 spiro atoms. The molecular weight excluding hydrogens is 516 g/mol. The molecule has 8 nitrogen and oxygen atoms in total. The maximum Gasteiger partial charge on any atom is 0.409 e. The van der Waals surface area contributed by atoms with Gasteiger partial charge in [-0.25, -0.2) is 13.2 Å². The smallest absolute Gasteiger partial charge is 0.409 e. The van der Waals surface area contributed by atoms with Crippen LogP contribution < -0.4 is 13.8 Å². The quantitative estimate of drug-likeness (QED) is 0.390. The molecule has 0 saturated carbocycles. The van der Waals surface area contributed by atoms with E-state index >= 15 is 0 Å². The van der Waals surface area contributed by atoms with Gasteiger partial charge in [-0.3, -0.25) is 4.31 Å². The molecule has 196 valence electrons. The molecule has 1 atom stereocenters. The molecule has 0 fully saturated rings. The van der Waals surface area contributed by atoms with E-state index in [1.165, 1.54) is 21.3 Å². The molecule has 1 unspecified atom stereocenters. The first-order valence-electron chi connectivity index (χ1n) is 11.7. The summed E-state index contributed by atoms with van der Waals surface area (Å²) in [6, 6.07) is 18.2. The Hall–Kier alpha value is -3.43. The van der Waals surface area contributed by atoms with E-state index in [1.54, 1.807) is 57.7 Å². The number of nitrogens with zero attached hydrogens (tertiary/aromatic N) is 2. The number of rotatable bonds is 8. The molecule has 0 bridgehead atoms. The number of methoxy groups -OCH3 is 2. The van der Waals surface area contributed by atoms with E-state index in [2.05, 4.69) is 0 Å². The standard InChI is InChI=1S/C27H29ClN2O6S/c1-29(17-20-9-13-23(34-2)16-26(20)35-3)27(31)36-18-22-12-8-19-6-4-5-7-25(19)30(22)37(32,33)24-14-10-21(28)11-15-24/h4-7,9-11,13-16,22H,8,12,17-18H2,1-3H3. The van der Waals surface area contributed by atoms with Crippen LogP contribution in [0.1, 0.15) is 17.5 Å². The topological polar surface area (TPSA) is 85.4 Å². The van der Waals surface area contributed by atoms with E-state index in [0.717, 1.165) is 11.1 Å². The van der Waals surface area contributed by atoms with E-state index in [-0.39, 0.29) is 18.0 Å². The van der Waals surface area contributed by atoms with Crippen molar-refractivity contribution in [3.8, 4) is 11.5 Å². The Morgan fingerprint density at radius 1 is 1.05 bits per heavy atom. The van der Waals surface area contributed by atoms with Gasteiger partial charge in [-0.1, -0.05) is 29.8 Å². The molecule has 4 rings (SSSR count). The van der Waals surface area contributed by atoms with Crippen LogP contribution in [0.15, 0.2) is 71.6 Å². The maximum absolute atomic E-state index is 13.7. The zero-order valence-corrected chi connectivity index (χ0v) is 22.5. The minimum Gasteiger partial charge on any atom is -0.497 e. The average Bonchev–Trinajstić information content (AvgIpc) is 2.91. The summed E-state index contributed by atoms with van der Waals surface area (Å²) in [5.74, 6) is 1.23. The second kappa shape index (κ2) is 11.3. The Bertz CT molecular complexity index is 1360. The molecule has 10 heteroatoms. The number of aryl methyl sites for hydroxylation is 1. The van der Waals surface area contributed by atoms with Crippen LogP contribution in [0.4, 0.5) is 10.5 Å². The highest BCUT2D eigenvalue weighted by atomic mass is 35.5. The normalized spacial score (nSPS) is 15.0. The number of fused-ring (bicyclic) bond motifs is 1. The van der Waals surface area contributed by atoms with E-state index in [4.69, 9.17) is 25.8 Å². The van der Waals surface area contributed by atoms with Crippen molar-refractivity contribution >= 4 is 33.4 Å². The van der Waals surface area contributed by atoms with Crippen LogP contribution in [0, 0.1) is 0 Å². The van der Waals surface area contributed by atoms with Crippen molar-refractivity contribution in [3.05, 3.63) is 82.9 Å². The number of benzene rings is 3. The summed E-state index contributed by atoms with van der Waals surface area (Å²) in [5.41, 5.74) is 2.29. The lowest BCUT2D eigenvalue weighted by molar-refractivity contribution is 0.102. The van der Waals surface area contributed by atoms with Crippen molar-refractivity contribution in [1.29, 1.82) is 0 Å². The van der Waals surface area contributed by atoms with Crippen LogP contribution in [-0.4, -0.2) is 53.3 Å². The molecule has 37 heavy (non-hydrogen) atoms. The fourth-order valence-corrected chi connectivity index (χ4v) is 6.18. The zero-order chi connectivity index (χ0) is 26.6. The van der Waals surface area contributed by atoms with Crippen LogP contribution in [0.2, 0.25) is 5.02 Å². The van der Waals surface area contributed by atoms with E-state index in [1.807, 2.05) is 18.2 Å². The Morgan fingerprint density at radius 3 is 2.49 bits per heavy atom. The van der Waals surface area contributed by atoms with Gasteiger partial charge in [0.15, 0.2) is 0 Å².